The van der Waals surface area contributed by atoms with Crippen molar-refractivity contribution in [1.29, 1.82) is 0 Å². The number of amides is 2. The smallest absolute Gasteiger partial charge is 0.314 e. The van der Waals surface area contributed by atoms with Crippen LogP contribution in [0.3, 0.4) is 0 Å². The summed E-state index contributed by atoms with van der Waals surface area (Å²) in [7, 11) is 0. The van der Waals surface area contributed by atoms with Crippen molar-refractivity contribution in [2.75, 3.05) is 25.4 Å². The quantitative estimate of drug-likeness (QED) is 0.511. The maximum Gasteiger partial charge on any atom is 0.314 e. The zero-order valence-electron chi connectivity index (χ0n) is 13.1. The van der Waals surface area contributed by atoms with Crippen LogP contribution in [0.1, 0.15) is 25.8 Å². The van der Waals surface area contributed by atoms with Crippen molar-refractivity contribution in [3.8, 4) is 0 Å². The second-order valence-corrected chi connectivity index (χ2v) is 7.08. The molecular weight excluding hydrogens is 284 g/mol. The highest BCUT2D eigenvalue weighted by Crippen LogP contribution is 2.18. The van der Waals surface area contributed by atoms with Gasteiger partial charge < -0.3 is 15.7 Å². The molecule has 118 valence electrons. The van der Waals surface area contributed by atoms with Gasteiger partial charge in [0.2, 0.25) is 0 Å². The molecule has 1 aromatic carbocycles. The zero-order chi connectivity index (χ0) is 15.7. The van der Waals surface area contributed by atoms with Gasteiger partial charge in [0.1, 0.15) is 0 Å². The monoisotopic (exact) mass is 310 g/mol. The number of hydrogen-bond donors (Lipinski definition) is 3. The van der Waals surface area contributed by atoms with Crippen molar-refractivity contribution < 1.29 is 9.90 Å². The summed E-state index contributed by atoms with van der Waals surface area (Å²) in [6.45, 7) is 7.45. The van der Waals surface area contributed by atoms with Gasteiger partial charge in [-0.2, -0.15) is 0 Å². The van der Waals surface area contributed by atoms with Gasteiger partial charge in [-0.3, -0.25) is 0 Å². The van der Waals surface area contributed by atoms with E-state index in [-0.39, 0.29) is 18.1 Å². The first-order valence-corrected chi connectivity index (χ1v) is 8.23. The van der Waals surface area contributed by atoms with Crippen LogP contribution in [0, 0.1) is 12.3 Å². The topological polar surface area (TPSA) is 61.4 Å². The minimum Gasteiger partial charge on any atom is -0.396 e. The van der Waals surface area contributed by atoms with Gasteiger partial charge in [-0.1, -0.05) is 31.5 Å². The lowest BCUT2D eigenvalue weighted by Gasteiger charge is -2.23. The second kappa shape index (κ2) is 8.95. The minimum atomic E-state index is -0.148. The van der Waals surface area contributed by atoms with Gasteiger partial charge in [0, 0.05) is 30.3 Å². The highest BCUT2D eigenvalue weighted by atomic mass is 32.2. The van der Waals surface area contributed by atoms with Gasteiger partial charge in [0.05, 0.1) is 0 Å². The van der Waals surface area contributed by atoms with Crippen LogP contribution < -0.4 is 10.6 Å². The standard InChI is InChI=1S/C16H26N2O2S/c1-13-4-6-14(7-5-13)21-11-9-17-15(20)18-12-16(2,3)8-10-19/h4-7,19H,8-12H2,1-3H3,(H2,17,18,20). The Morgan fingerprint density at radius 2 is 1.90 bits per heavy atom. The Kier molecular flexibility index (Phi) is 7.61. The maximum atomic E-state index is 11.7. The Morgan fingerprint density at radius 1 is 1.24 bits per heavy atom. The molecule has 3 N–H and O–H groups in total. The first kappa shape index (κ1) is 17.9. The summed E-state index contributed by atoms with van der Waals surface area (Å²) in [6.07, 6.45) is 0.677. The van der Waals surface area contributed by atoms with E-state index in [1.54, 1.807) is 11.8 Å². The van der Waals surface area contributed by atoms with E-state index in [0.29, 0.717) is 19.5 Å². The molecule has 2 amide bonds. The summed E-state index contributed by atoms with van der Waals surface area (Å²) in [6, 6.07) is 8.22. The predicted molar refractivity (Wildman–Crippen MR) is 88.8 cm³/mol. The Bertz CT molecular complexity index is 432. The number of aliphatic hydroxyl groups excluding tert-OH is 1. The molecule has 0 spiro atoms. The minimum absolute atomic E-state index is 0.0806. The number of urea groups is 1. The normalized spacial score (nSPS) is 11.2. The molecule has 0 atom stereocenters. The van der Waals surface area contributed by atoms with Crippen LogP contribution in [0.5, 0.6) is 0 Å². The van der Waals surface area contributed by atoms with Crippen molar-refractivity contribution in [3.05, 3.63) is 29.8 Å². The number of carbonyl (C=O) groups is 1. The van der Waals surface area contributed by atoms with Gasteiger partial charge in [-0.15, -0.1) is 11.8 Å². The Hall–Kier alpha value is -1.20. The Morgan fingerprint density at radius 3 is 2.52 bits per heavy atom. The highest BCUT2D eigenvalue weighted by molar-refractivity contribution is 7.99. The molecule has 4 nitrogen and oxygen atoms in total. The molecule has 0 aliphatic carbocycles. The molecule has 1 rings (SSSR count). The fourth-order valence-electron chi connectivity index (χ4n) is 1.74. The predicted octanol–water partition coefficient (Wildman–Crippen LogP) is 2.79. The van der Waals surface area contributed by atoms with Gasteiger partial charge in [0.15, 0.2) is 0 Å². The fourth-order valence-corrected chi connectivity index (χ4v) is 2.51. The van der Waals surface area contributed by atoms with Crippen LogP contribution >= 0.6 is 11.8 Å². The molecule has 0 saturated heterocycles. The van der Waals surface area contributed by atoms with Crippen molar-refractivity contribution in [3.63, 3.8) is 0 Å². The number of aliphatic hydroxyl groups is 1. The lowest BCUT2D eigenvalue weighted by molar-refractivity contribution is 0.201. The van der Waals surface area contributed by atoms with Crippen LogP contribution in [-0.2, 0) is 0 Å². The van der Waals surface area contributed by atoms with Crippen LogP contribution in [0.2, 0.25) is 0 Å². The van der Waals surface area contributed by atoms with Crippen molar-refractivity contribution in [2.24, 2.45) is 5.41 Å². The van der Waals surface area contributed by atoms with Crippen LogP contribution in [0.15, 0.2) is 29.2 Å². The first-order chi connectivity index (χ1) is 9.93. The van der Waals surface area contributed by atoms with Crippen LogP contribution in [0.4, 0.5) is 4.79 Å². The summed E-state index contributed by atoms with van der Waals surface area (Å²) < 4.78 is 0. The summed E-state index contributed by atoms with van der Waals surface area (Å²) in [5, 5.41) is 14.6. The third-order valence-electron chi connectivity index (χ3n) is 3.19. The molecule has 1 aromatic rings. The van der Waals surface area contributed by atoms with E-state index in [9.17, 15) is 4.79 Å². The van der Waals surface area contributed by atoms with Crippen molar-refractivity contribution in [2.45, 2.75) is 32.1 Å². The SMILES string of the molecule is Cc1ccc(SCCNC(=O)NCC(C)(C)CCO)cc1. The highest BCUT2D eigenvalue weighted by Gasteiger charge is 2.17. The summed E-state index contributed by atoms with van der Waals surface area (Å²) in [4.78, 5) is 12.9. The molecule has 0 fully saturated rings. The molecule has 0 aromatic heterocycles. The average molecular weight is 310 g/mol. The van der Waals surface area contributed by atoms with Gasteiger partial charge in [-0.25, -0.2) is 4.79 Å². The van der Waals surface area contributed by atoms with Gasteiger partial charge >= 0.3 is 6.03 Å². The number of nitrogens with one attached hydrogen (secondary N) is 2. The third kappa shape index (κ3) is 7.97. The number of benzene rings is 1. The van der Waals surface area contributed by atoms with Crippen molar-refractivity contribution >= 4 is 17.8 Å². The molecule has 0 heterocycles. The molecule has 21 heavy (non-hydrogen) atoms. The van der Waals surface area contributed by atoms with Crippen LogP contribution in [-0.4, -0.2) is 36.6 Å². The summed E-state index contributed by atoms with van der Waals surface area (Å²) in [5.74, 6) is 0.844. The Balaban J connectivity index is 2.15. The van der Waals surface area contributed by atoms with E-state index in [0.717, 1.165) is 5.75 Å². The molecular formula is C16H26N2O2S. The van der Waals surface area contributed by atoms with E-state index >= 15 is 0 Å². The van der Waals surface area contributed by atoms with Gasteiger partial charge in [0.25, 0.3) is 0 Å². The summed E-state index contributed by atoms with van der Waals surface area (Å²) >= 11 is 1.73. The number of carbonyl (C=O) groups excluding carboxylic acids is 1. The number of hydrogen-bond acceptors (Lipinski definition) is 3. The van der Waals surface area contributed by atoms with E-state index < -0.39 is 0 Å². The number of aryl methyl sites for hydroxylation is 1. The maximum absolute atomic E-state index is 11.7. The molecule has 5 heteroatoms. The largest absolute Gasteiger partial charge is 0.396 e. The second-order valence-electron chi connectivity index (χ2n) is 5.91. The van der Waals surface area contributed by atoms with Crippen LogP contribution in [0.25, 0.3) is 0 Å². The van der Waals surface area contributed by atoms with Gasteiger partial charge in [-0.05, 0) is 30.9 Å². The first-order valence-electron chi connectivity index (χ1n) is 7.25. The van der Waals surface area contributed by atoms with Crippen molar-refractivity contribution in [1.82, 2.24) is 10.6 Å². The molecule has 0 unspecified atom stereocenters. The average Bonchev–Trinajstić information content (AvgIpc) is 2.43. The van der Waals surface area contributed by atoms with E-state index in [2.05, 4.69) is 41.8 Å². The molecule has 0 radical (unpaired) electrons. The lowest BCUT2D eigenvalue weighted by atomic mass is 9.90. The Labute approximate surface area is 131 Å². The van der Waals surface area contributed by atoms with E-state index in [4.69, 9.17) is 5.11 Å². The fraction of sp³-hybridized carbons (Fsp3) is 0.562. The number of thioether (sulfide) groups is 1. The third-order valence-corrected chi connectivity index (χ3v) is 4.21. The lowest BCUT2D eigenvalue weighted by Crippen LogP contribution is -2.41. The molecule has 0 bridgehead atoms. The van der Waals surface area contributed by atoms with E-state index in [1.807, 2.05) is 13.8 Å². The number of rotatable bonds is 8. The van der Waals surface area contributed by atoms with E-state index in [1.165, 1.54) is 10.5 Å². The zero-order valence-corrected chi connectivity index (χ0v) is 13.9. The summed E-state index contributed by atoms with van der Waals surface area (Å²) in [5.41, 5.74) is 1.17. The molecule has 0 aliphatic rings. The molecule has 0 saturated carbocycles. The molecule has 0 aliphatic heterocycles.